The van der Waals surface area contributed by atoms with E-state index in [0.717, 1.165) is 32.9 Å². The third-order valence-electron chi connectivity index (χ3n) is 3.27. The first kappa shape index (κ1) is 15.8. The fourth-order valence-corrected chi connectivity index (χ4v) is 2.10. The lowest BCUT2D eigenvalue weighted by molar-refractivity contribution is 0.546. The van der Waals surface area contributed by atoms with Gasteiger partial charge in [0.1, 0.15) is 17.5 Å². The number of halogens is 1. The molecule has 0 aliphatic rings. The maximum Gasteiger partial charge on any atom is 0.139 e. The maximum absolute atomic E-state index is 6.03. The fourth-order valence-electron chi connectivity index (χ4n) is 1.85. The molecule has 2 aromatic rings. The molecule has 0 spiro atoms. The standard InChI is InChI=1S/C16H21BrN4/c1-9-8-11(6-7-12(9)17)19-14-10(2)13(18)20-15(21-14)16(3,4)5/h6-8H,1-5H3,(H3,18,19,20,21). The fraction of sp³-hybridized carbons (Fsp3) is 0.375. The topological polar surface area (TPSA) is 63.8 Å². The SMILES string of the molecule is Cc1cc(Nc2nc(C(C)(C)C)nc(N)c2C)ccc1Br. The molecule has 0 unspecified atom stereocenters. The number of aromatic nitrogens is 2. The molecular formula is C16H21BrN4. The lowest BCUT2D eigenvalue weighted by atomic mass is 9.95. The minimum atomic E-state index is -0.145. The van der Waals surface area contributed by atoms with E-state index in [-0.39, 0.29) is 5.41 Å². The Bertz CT molecular complexity index is 675. The molecule has 0 atom stereocenters. The van der Waals surface area contributed by atoms with Crippen LogP contribution >= 0.6 is 15.9 Å². The van der Waals surface area contributed by atoms with Crippen LogP contribution in [0.15, 0.2) is 22.7 Å². The summed E-state index contributed by atoms with van der Waals surface area (Å²) in [5.41, 5.74) is 8.89. The highest BCUT2D eigenvalue weighted by molar-refractivity contribution is 9.10. The Kier molecular flexibility index (Phi) is 4.23. The molecule has 5 heteroatoms. The van der Waals surface area contributed by atoms with E-state index >= 15 is 0 Å². The highest BCUT2D eigenvalue weighted by Gasteiger charge is 2.20. The predicted molar refractivity (Wildman–Crippen MR) is 92.0 cm³/mol. The van der Waals surface area contributed by atoms with Gasteiger partial charge in [-0.15, -0.1) is 0 Å². The summed E-state index contributed by atoms with van der Waals surface area (Å²) in [5.74, 6) is 2.02. The van der Waals surface area contributed by atoms with Gasteiger partial charge in [-0.2, -0.15) is 0 Å². The third kappa shape index (κ3) is 3.53. The lowest BCUT2D eigenvalue weighted by Crippen LogP contribution is -2.18. The Morgan fingerprint density at radius 2 is 1.81 bits per heavy atom. The predicted octanol–water partition coefficient (Wildman–Crippen LogP) is 4.48. The monoisotopic (exact) mass is 348 g/mol. The second-order valence-corrected chi connectivity index (χ2v) is 7.10. The van der Waals surface area contributed by atoms with E-state index in [1.54, 1.807) is 0 Å². The van der Waals surface area contributed by atoms with Crippen molar-refractivity contribution in [2.75, 3.05) is 11.1 Å². The average molecular weight is 349 g/mol. The van der Waals surface area contributed by atoms with Crippen LogP contribution in [0, 0.1) is 13.8 Å². The average Bonchev–Trinajstić information content (AvgIpc) is 2.38. The van der Waals surface area contributed by atoms with Crippen molar-refractivity contribution in [1.29, 1.82) is 0 Å². The molecule has 0 amide bonds. The van der Waals surface area contributed by atoms with Crippen molar-refractivity contribution < 1.29 is 0 Å². The van der Waals surface area contributed by atoms with E-state index in [4.69, 9.17) is 5.73 Å². The smallest absolute Gasteiger partial charge is 0.139 e. The van der Waals surface area contributed by atoms with Crippen molar-refractivity contribution >= 4 is 33.3 Å². The molecule has 0 aliphatic heterocycles. The van der Waals surface area contributed by atoms with E-state index in [1.807, 2.05) is 19.1 Å². The highest BCUT2D eigenvalue weighted by Crippen LogP contribution is 2.28. The molecule has 0 saturated heterocycles. The molecule has 4 nitrogen and oxygen atoms in total. The summed E-state index contributed by atoms with van der Waals surface area (Å²) in [6.07, 6.45) is 0. The van der Waals surface area contributed by atoms with Crippen LogP contribution in [0.2, 0.25) is 0 Å². The van der Waals surface area contributed by atoms with Crippen molar-refractivity contribution in [3.63, 3.8) is 0 Å². The zero-order chi connectivity index (χ0) is 15.8. The van der Waals surface area contributed by atoms with Gasteiger partial charge in [-0.1, -0.05) is 36.7 Å². The van der Waals surface area contributed by atoms with Crippen LogP contribution in [0.1, 0.15) is 37.7 Å². The van der Waals surface area contributed by atoms with E-state index < -0.39 is 0 Å². The summed E-state index contributed by atoms with van der Waals surface area (Å²) < 4.78 is 1.09. The van der Waals surface area contributed by atoms with Crippen LogP contribution in [-0.4, -0.2) is 9.97 Å². The first-order valence-corrected chi connectivity index (χ1v) is 7.65. The van der Waals surface area contributed by atoms with Crippen molar-refractivity contribution in [3.8, 4) is 0 Å². The molecule has 1 aromatic carbocycles. The number of nitrogens with one attached hydrogen (secondary N) is 1. The van der Waals surface area contributed by atoms with Crippen molar-refractivity contribution in [2.45, 2.75) is 40.0 Å². The molecule has 0 fully saturated rings. The number of hydrogen-bond acceptors (Lipinski definition) is 4. The van der Waals surface area contributed by atoms with Crippen LogP contribution in [-0.2, 0) is 5.41 Å². The number of hydrogen-bond donors (Lipinski definition) is 2. The van der Waals surface area contributed by atoms with Crippen LogP contribution < -0.4 is 11.1 Å². The van der Waals surface area contributed by atoms with E-state index in [1.165, 1.54) is 0 Å². The molecule has 3 N–H and O–H groups in total. The highest BCUT2D eigenvalue weighted by atomic mass is 79.9. The number of aryl methyl sites for hydroxylation is 1. The molecule has 0 aliphatic carbocycles. The van der Waals surface area contributed by atoms with Gasteiger partial charge in [0.05, 0.1) is 0 Å². The molecule has 2 rings (SSSR count). The molecule has 0 bridgehead atoms. The van der Waals surface area contributed by atoms with Gasteiger partial charge in [-0.25, -0.2) is 9.97 Å². The van der Waals surface area contributed by atoms with Gasteiger partial charge < -0.3 is 11.1 Å². The quantitative estimate of drug-likeness (QED) is 0.839. The second-order valence-electron chi connectivity index (χ2n) is 6.25. The van der Waals surface area contributed by atoms with Crippen molar-refractivity contribution in [3.05, 3.63) is 39.6 Å². The second kappa shape index (κ2) is 5.64. The van der Waals surface area contributed by atoms with Gasteiger partial charge in [0, 0.05) is 21.1 Å². The first-order chi connectivity index (χ1) is 9.68. The van der Waals surface area contributed by atoms with Crippen LogP contribution in [0.25, 0.3) is 0 Å². The van der Waals surface area contributed by atoms with Crippen molar-refractivity contribution in [1.82, 2.24) is 9.97 Å². The summed E-state index contributed by atoms with van der Waals surface area (Å²) in [6, 6.07) is 6.09. The summed E-state index contributed by atoms with van der Waals surface area (Å²) in [4.78, 5) is 9.03. The number of nitrogens with two attached hydrogens (primary N) is 1. The van der Waals surface area contributed by atoms with Gasteiger partial charge in [-0.05, 0) is 37.6 Å². The van der Waals surface area contributed by atoms with Gasteiger partial charge in [0.2, 0.25) is 0 Å². The Morgan fingerprint density at radius 3 is 2.38 bits per heavy atom. The maximum atomic E-state index is 6.03. The molecule has 112 valence electrons. The Hall–Kier alpha value is -1.62. The molecule has 21 heavy (non-hydrogen) atoms. The third-order valence-corrected chi connectivity index (χ3v) is 4.16. The zero-order valence-corrected chi connectivity index (χ0v) is 14.7. The number of rotatable bonds is 2. The Balaban J connectivity index is 2.43. The molecular weight excluding hydrogens is 328 g/mol. The van der Waals surface area contributed by atoms with Crippen molar-refractivity contribution in [2.24, 2.45) is 0 Å². The summed E-state index contributed by atoms with van der Waals surface area (Å²) in [7, 11) is 0. The number of nitrogen functional groups attached to an aromatic ring is 1. The number of anilines is 3. The Morgan fingerprint density at radius 1 is 1.14 bits per heavy atom. The molecule has 1 aromatic heterocycles. The normalized spacial score (nSPS) is 11.5. The Labute approximate surface area is 134 Å². The van der Waals surface area contributed by atoms with Crippen LogP contribution in [0.3, 0.4) is 0 Å². The molecule has 1 heterocycles. The minimum Gasteiger partial charge on any atom is -0.383 e. The molecule has 0 saturated carbocycles. The summed E-state index contributed by atoms with van der Waals surface area (Å²) >= 11 is 3.51. The number of benzene rings is 1. The van der Waals surface area contributed by atoms with E-state index in [0.29, 0.717) is 5.82 Å². The summed E-state index contributed by atoms with van der Waals surface area (Å²) in [6.45, 7) is 10.2. The van der Waals surface area contributed by atoms with Gasteiger partial charge in [0.15, 0.2) is 0 Å². The van der Waals surface area contributed by atoms with Crippen LogP contribution in [0.4, 0.5) is 17.3 Å². The first-order valence-electron chi connectivity index (χ1n) is 6.86. The summed E-state index contributed by atoms with van der Waals surface area (Å²) in [5, 5.41) is 3.34. The van der Waals surface area contributed by atoms with Gasteiger partial charge >= 0.3 is 0 Å². The van der Waals surface area contributed by atoms with Gasteiger partial charge in [-0.3, -0.25) is 0 Å². The van der Waals surface area contributed by atoms with E-state index in [9.17, 15) is 0 Å². The largest absolute Gasteiger partial charge is 0.383 e. The van der Waals surface area contributed by atoms with E-state index in [2.05, 4.69) is 65.0 Å². The number of nitrogens with zero attached hydrogens (tertiary/aromatic N) is 2. The minimum absolute atomic E-state index is 0.145. The lowest BCUT2D eigenvalue weighted by Gasteiger charge is -2.20. The van der Waals surface area contributed by atoms with Crippen LogP contribution in [0.5, 0.6) is 0 Å². The molecule has 0 radical (unpaired) electrons. The van der Waals surface area contributed by atoms with Gasteiger partial charge in [0.25, 0.3) is 0 Å². The zero-order valence-electron chi connectivity index (χ0n) is 13.1.